The summed E-state index contributed by atoms with van der Waals surface area (Å²) in [7, 11) is 0. The Bertz CT molecular complexity index is 656. The maximum Gasteiger partial charge on any atom is 0.335 e. The van der Waals surface area contributed by atoms with E-state index in [-0.39, 0.29) is 0 Å². The van der Waals surface area contributed by atoms with Crippen LogP contribution < -0.4 is 4.90 Å². The minimum absolute atomic E-state index is 0.341. The molecule has 0 saturated heterocycles. The average molecular weight is 272 g/mol. The Morgan fingerprint density at radius 3 is 2.90 bits per heavy atom. The summed E-state index contributed by atoms with van der Waals surface area (Å²) in [5.74, 6) is 0.668. The number of hydrogen-bond donors (Lipinski definition) is 1. The van der Waals surface area contributed by atoms with Crippen LogP contribution in [0.15, 0.2) is 22.6 Å². The zero-order chi connectivity index (χ0) is 14.3. The lowest BCUT2D eigenvalue weighted by Gasteiger charge is -2.17. The molecule has 104 valence electrons. The molecule has 0 unspecified atom stereocenters. The second-order valence-corrected chi connectivity index (χ2v) is 5.07. The van der Waals surface area contributed by atoms with Gasteiger partial charge in [0.05, 0.1) is 17.8 Å². The highest BCUT2D eigenvalue weighted by Crippen LogP contribution is 2.30. The molecule has 5 nitrogen and oxygen atoms in total. The van der Waals surface area contributed by atoms with Crippen LogP contribution in [0.4, 0.5) is 5.69 Å². The van der Waals surface area contributed by atoms with Crippen molar-refractivity contribution in [2.45, 2.75) is 26.8 Å². The predicted octanol–water partition coefficient (Wildman–Crippen LogP) is 2.55. The third kappa shape index (κ3) is 2.15. The van der Waals surface area contributed by atoms with E-state index in [2.05, 4.69) is 9.88 Å². The van der Waals surface area contributed by atoms with Crippen molar-refractivity contribution >= 4 is 11.7 Å². The van der Waals surface area contributed by atoms with Crippen LogP contribution in [0.5, 0.6) is 0 Å². The molecule has 0 bridgehead atoms. The van der Waals surface area contributed by atoms with Crippen molar-refractivity contribution < 1.29 is 14.3 Å². The lowest BCUT2D eigenvalue weighted by molar-refractivity contribution is 0.0697. The molecule has 0 spiro atoms. The fourth-order valence-electron chi connectivity index (χ4n) is 2.54. The number of fused-ring (bicyclic) bond motifs is 1. The Balaban J connectivity index is 1.84. The molecular weight excluding hydrogens is 256 g/mol. The molecule has 2 aromatic rings. The Labute approximate surface area is 116 Å². The smallest absolute Gasteiger partial charge is 0.335 e. The van der Waals surface area contributed by atoms with Crippen molar-refractivity contribution in [3.63, 3.8) is 0 Å². The molecule has 0 radical (unpaired) electrons. The molecule has 0 atom stereocenters. The van der Waals surface area contributed by atoms with Gasteiger partial charge in [-0.05, 0) is 44.0 Å². The van der Waals surface area contributed by atoms with Gasteiger partial charge in [-0.3, -0.25) is 0 Å². The zero-order valence-corrected chi connectivity index (χ0v) is 11.5. The summed E-state index contributed by atoms with van der Waals surface area (Å²) in [6.07, 6.45) is 0.856. The van der Waals surface area contributed by atoms with E-state index < -0.39 is 5.97 Å². The summed E-state index contributed by atoms with van der Waals surface area (Å²) in [6.45, 7) is 5.31. The second-order valence-electron chi connectivity index (χ2n) is 5.07. The van der Waals surface area contributed by atoms with Crippen LogP contribution in [0.25, 0.3) is 0 Å². The van der Waals surface area contributed by atoms with Gasteiger partial charge >= 0.3 is 5.97 Å². The van der Waals surface area contributed by atoms with Crippen LogP contribution in [0.1, 0.15) is 33.3 Å². The number of nitrogens with zero attached hydrogens (tertiary/aromatic N) is 2. The van der Waals surface area contributed by atoms with E-state index in [4.69, 9.17) is 9.52 Å². The number of carboxylic acid groups (broad SMARTS) is 1. The van der Waals surface area contributed by atoms with Crippen LogP contribution in [-0.2, 0) is 13.0 Å². The van der Waals surface area contributed by atoms with E-state index in [1.54, 1.807) is 12.1 Å². The van der Waals surface area contributed by atoms with Crippen molar-refractivity contribution in [1.29, 1.82) is 0 Å². The Hall–Kier alpha value is -2.30. The van der Waals surface area contributed by atoms with Crippen LogP contribution in [0, 0.1) is 13.8 Å². The highest BCUT2D eigenvalue weighted by atomic mass is 16.4. The van der Waals surface area contributed by atoms with Gasteiger partial charge in [0.1, 0.15) is 5.76 Å². The van der Waals surface area contributed by atoms with Gasteiger partial charge in [-0.15, -0.1) is 0 Å². The normalized spacial score (nSPS) is 13.6. The fourth-order valence-corrected chi connectivity index (χ4v) is 2.54. The van der Waals surface area contributed by atoms with Gasteiger partial charge in [0.25, 0.3) is 0 Å². The third-order valence-electron chi connectivity index (χ3n) is 3.72. The second kappa shape index (κ2) is 4.67. The molecule has 20 heavy (non-hydrogen) atoms. The number of carboxylic acids is 1. The predicted molar refractivity (Wildman–Crippen MR) is 74.1 cm³/mol. The van der Waals surface area contributed by atoms with Crippen molar-refractivity contribution in [2.24, 2.45) is 0 Å². The monoisotopic (exact) mass is 272 g/mol. The first-order valence-corrected chi connectivity index (χ1v) is 6.58. The van der Waals surface area contributed by atoms with Gasteiger partial charge in [0, 0.05) is 12.2 Å². The summed E-state index contributed by atoms with van der Waals surface area (Å²) < 4.78 is 5.61. The molecule has 1 aromatic carbocycles. The van der Waals surface area contributed by atoms with Crippen LogP contribution in [0.2, 0.25) is 0 Å². The minimum atomic E-state index is -0.884. The average Bonchev–Trinajstić information content (AvgIpc) is 2.94. The van der Waals surface area contributed by atoms with Crippen molar-refractivity contribution in [2.75, 3.05) is 11.4 Å². The summed E-state index contributed by atoms with van der Waals surface area (Å²) in [4.78, 5) is 17.5. The first-order chi connectivity index (χ1) is 9.54. The summed E-state index contributed by atoms with van der Waals surface area (Å²) in [5, 5.41) is 9.01. The number of oxazole rings is 1. The van der Waals surface area contributed by atoms with E-state index >= 15 is 0 Å². The molecule has 0 aliphatic carbocycles. The number of hydrogen-bond acceptors (Lipinski definition) is 4. The topological polar surface area (TPSA) is 66.6 Å². The highest BCUT2D eigenvalue weighted by molar-refractivity contribution is 5.88. The first kappa shape index (κ1) is 12.7. The molecule has 5 heteroatoms. The van der Waals surface area contributed by atoms with Gasteiger partial charge in [-0.2, -0.15) is 0 Å². The molecule has 3 rings (SSSR count). The van der Waals surface area contributed by atoms with E-state index in [9.17, 15) is 4.79 Å². The van der Waals surface area contributed by atoms with Gasteiger partial charge in [-0.1, -0.05) is 0 Å². The standard InChI is InChI=1S/C15H16N2O3/c1-9-10(2)20-14(16-9)8-17-6-5-11-7-12(15(18)19)3-4-13(11)17/h3-4,7H,5-6,8H2,1-2H3,(H,18,19). The Kier molecular flexibility index (Phi) is 2.97. The molecule has 0 saturated carbocycles. The summed E-state index contributed by atoms with van der Waals surface area (Å²) in [6, 6.07) is 5.27. The SMILES string of the molecule is Cc1nc(CN2CCc3cc(C(=O)O)ccc32)oc1C. The van der Waals surface area contributed by atoms with Crippen molar-refractivity contribution in [3.05, 3.63) is 46.7 Å². The Morgan fingerprint density at radius 1 is 1.45 bits per heavy atom. The number of carbonyl (C=O) groups is 1. The van der Waals surface area contributed by atoms with Crippen molar-refractivity contribution in [1.82, 2.24) is 4.98 Å². The van der Waals surface area contributed by atoms with Gasteiger partial charge in [-0.25, -0.2) is 9.78 Å². The maximum absolute atomic E-state index is 11.0. The van der Waals surface area contributed by atoms with E-state index in [0.717, 1.165) is 35.7 Å². The van der Waals surface area contributed by atoms with E-state index in [1.807, 2.05) is 19.9 Å². The minimum Gasteiger partial charge on any atom is -0.478 e. The number of aromatic nitrogens is 1. The number of rotatable bonds is 3. The van der Waals surface area contributed by atoms with E-state index in [1.165, 1.54) is 0 Å². The van der Waals surface area contributed by atoms with Gasteiger partial charge in [0.15, 0.2) is 0 Å². The fraction of sp³-hybridized carbons (Fsp3) is 0.333. The highest BCUT2D eigenvalue weighted by Gasteiger charge is 2.22. The van der Waals surface area contributed by atoms with Crippen molar-refractivity contribution in [3.8, 4) is 0 Å². The Morgan fingerprint density at radius 2 is 2.25 bits per heavy atom. The molecule has 1 aromatic heterocycles. The first-order valence-electron chi connectivity index (χ1n) is 6.58. The summed E-state index contributed by atoms with van der Waals surface area (Å²) in [5.41, 5.74) is 3.41. The lowest BCUT2D eigenvalue weighted by atomic mass is 10.1. The molecule has 1 N–H and O–H groups in total. The number of aromatic carboxylic acids is 1. The molecule has 2 heterocycles. The summed E-state index contributed by atoms with van der Waals surface area (Å²) >= 11 is 0. The number of benzene rings is 1. The molecule has 1 aliphatic heterocycles. The molecule has 0 amide bonds. The van der Waals surface area contributed by atoms with Crippen LogP contribution >= 0.6 is 0 Å². The molecular formula is C15H16N2O3. The van der Waals surface area contributed by atoms with Gasteiger partial charge < -0.3 is 14.4 Å². The number of aryl methyl sites for hydroxylation is 2. The molecule has 0 fully saturated rings. The van der Waals surface area contributed by atoms with Crippen LogP contribution in [-0.4, -0.2) is 22.6 Å². The quantitative estimate of drug-likeness (QED) is 0.930. The van der Waals surface area contributed by atoms with Gasteiger partial charge in [0.2, 0.25) is 5.89 Å². The number of anilines is 1. The third-order valence-corrected chi connectivity index (χ3v) is 3.72. The van der Waals surface area contributed by atoms with E-state index in [0.29, 0.717) is 18.0 Å². The maximum atomic E-state index is 11.0. The molecule has 1 aliphatic rings. The van der Waals surface area contributed by atoms with Crippen LogP contribution in [0.3, 0.4) is 0 Å². The lowest BCUT2D eigenvalue weighted by Crippen LogP contribution is -2.19. The largest absolute Gasteiger partial charge is 0.478 e. The zero-order valence-electron chi connectivity index (χ0n) is 11.5.